The van der Waals surface area contributed by atoms with Gasteiger partial charge in [0.25, 0.3) is 5.91 Å². The highest BCUT2D eigenvalue weighted by atomic mass is 35.5. The van der Waals surface area contributed by atoms with Gasteiger partial charge in [0.15, 0.2) is 0 Å². The van der Waals surface area contributed by atoms with E-state index in [2.05, 4.69) is 10.5 Å². The molecule has 0 bridgehead atoms. The van der Waals surface area contributed by atoms with E-state index in [4.69, 9.17) is 16.3 Å². The third-order valence-electron chi connectivity index (χ3n) is 2.63. The zero-order valence-electron chi connectivity index (χ0n) is 10.8. The van der Waals surface area contributed by atoms with Crippen molar-refractivity contribution in [2.24, 2.45) is 5.10 Å². The molecule has 0 fully saturated rings. The molecule has 1 amide bonds. The third kappa shape index (κ3) is 3.36. The summed E-state index contributed by atoms with van der Waals surface area (Å²) in [5.41, 5.74) is 3.58. The van der Waals surface area contributed by atoms with Crippen molar-refractivity contribution in [1.29, 1.82) is 0 Å². The number of hydrazone groups is 1. The number of benzene rings is 2. The first kappa shape index (κ1) is 14.1. The zero-order chi connectivity index (χ0) is 14.4. The number of halogens is 1. The smallest absolute Gasteiger partial charge is 0.272 e. The largest absolute Gasteiger partial charge is 0.496 e. The van der Waals surface area contributed by atoms with Crippen molar-refractivity contribution >= 4 is 23.7 Å². The molecule has 0 aliphatic heterocycles. The highest BCUT2D eigenvalue weighted by Crippen LogP contribution is 2.15. The fraction of sp³-hybridized carbons (Fsp3) is 0.0667. The van der Waals surface area contributed by atoms with Crippen LogP contribution in [0.1, 0.15) is 15.9 Å². The van der Waals surface area contributed by atoms with Crippen LogP contribution in [-0.2, 0) is 0 Å². The van der Waals surface area contributed by atoms with Crippen molar-refractivity contribution in [3.8, 4) is 5.75 Å². The van der Waals surface area contributed by atoms with Crippen LogP contribution in [0, 0.1) is 0 Å². The fourth-order valence-electron chi connectivity index (χ4n) is 1.64. The average molecular weight is 289 g/mol. The van der Waals surface area contributed by atoms with Gasteiger partial charge < -0.3 is 4.74 Å². The number of amides is 1. The lowest BCUT2D eigenvalue weighted by Crippen LogP contribution is -2.18. The SMILES string of the molecule is COc1ccccc1/C=N\NC(=O)c1ccccc1Cl. The summed E-state index contributed by atoms with van der Waals surface area (Å²) in [6.07, 6.45) is 1.52. The molecule has 0 aromatic heterocycles. The van der Waals surface area contributed by atoms with Crippen molar-refractivity contribution in [3.63, 3.8) is 0 Å². The lowest BCUT2D eigenvalue weighted by atomic mass is 10.2. The van der Waals surface area contributed by atoms with Gasteiger partial charge in [-0.1, -0.05) is 35.9 Å². The Morgan fingerprint density at radius 1 is 1.20 bits per heavy atom. The minimum absolute atomic E-state index is 0.359. The molecule has 0 saturated heterocycles. The van der Waals surface area contributed by atoms with Crippen LogP contribution in [0.15, 0.2) is 53.6 Å². The molecule has 0 radical (unpaired) electrons. The molecule has 2 aromatic rings. The van der Waals surface area contributed by atoms with Crippen LogP contribution in [0.4, 0.5) is 0 Å². The van der Waals surface area contributed by atoms with Gasteiger partial charge in [0.05, 0.1) is 23.9 Å². The van der Waals surface area contributed by atoms with E-state index in [1.807, 2.05) is 24.3 Å². The molecule has 1 N–H and O–H groups in total. The molecule has 4 nitrogen and oxygen atoms in total. The lowest BCUT2D eigenvalue weighted by molar-refractivity contribution is 0.0955. The zero-order valence-corrected chi connectivity index (χ0v) is 11.6. The van der Waals surface area contributed by atoms with Gasteiger partial charge >= 0.3 is 0 Å². The molecule has 0 atom stereocenters. The molecule has 2 rings (SSSR count). The molecule has 5 heteroatoms. The number of ether oxygens (including phenoxy) is 1. The minimum Gasteiger partial charge on any atom is -0.496 e. The molecule has 0 unspecified atom stereocenters. The van der Waals surface area contributed by atoms with Gasteiger partial charge in [0.1, 0.15) is 5.75 Å². The first-order valence-electron chi connectivity index (χ1n) is 5.93. The molecule has 0 spiro atoms. The summed E-state index contributed by atoms with van der Waals surface area (Å²) in [6.45, 7) is 0. The van der Waals surface area contributed by atoms with E-state index in [9.17, 15) is 4.79 Å². The molecular weight excluding hydrogens is 276 g/mol. The predicted octanol–water partition coefficient (Wildman–Crippen LogP) is 3.11. The van der Waals surface area contributed by atoms with E-state index in [0.29, 0.717) is 16.3 Å². The summed E-state index contributed by atoms with van der Waals surface area (Å²) in [5, 5.41) is 4.29. The quantitative estimate of drug-likeness (QED) is 0.694. The summed E-state index contributed by atoms with van der Waals surface area (Å²) < 4.78 is 5.18. The van der Waals surface area contributed by atoms with Crippen LogP contribution in [0.3, 0.4) is 0 Å². The highest BCUT2D eigenvalue weighted by molar-refractivity contribution is 6.33. The predicted molar refractivity (Wildman–Crippen MR) is 79.5 cm³/mol. The first-order valence-corrected chi connectivity index (χ1v) is 6.31. The van der Waals surface area contributed by atoms with Crippen molar-refractivity contribution in [2.45, 2.75) is 0 Å². The molecule has 0 aliphatic rings. The van der Waals surface area contributed by atoms with Gasteiger partial charge in [0, 0.05) is 5.56 Å². The van der Waals surface area contributed by atoms with Gasteiger partial charge in [-0.25, -0.2) is 5.43 Å². The number of methoxy groups -OCH3 is 1. The Hall–Kier alpha value is -2.33. The summed E-state index contributed by atoms with van der Waals surface area (Å²) >= 11 is 5.93. The number of rotatable bonds is 4. The van der Waals surface area contributed by atoms with Gasteiger partial charge in [-0.15, -0.1) is 0 Å². The molecule has 0 saturated carbocycles. The van der Waals surface area contributed by atoms with Crippen LogP contribution in [0.25, 0.3) is 0 Å². The van der Waals surface area contributed by atoms with E-state index in [1.54, 1.807) is 31.4 Å². The molecular formula is C15H13ClN2O2. The van der Waals surface area contributed by atoms with Gasteiger partial charge in [-0.05, 0) is 24.3 Å². The van der Waals surface area contributed by atoms with Crippen molar-refractivity contribution in [3.05, 3.63) is 64.7 Å². The second-order valence-electron chi connectivity index (χ2n) is 3.92. The van der Waals surface area contributed by atoms with E-state index < -0.39 is 0 Å². The Bertz CT molecular complexity index is 641. The van der Waals surface area contributed by atoms with Gasteiger partial charge in [-0.3, -0.25) is 4.79 Å². The van der Waals surface area contributed by atoms with Crippen LogP contribution >= 0.6 is 11.6 Å². The molecule has 20 heavy (non-hydrogen) atoms. The Morgan fingerprint density at radius 2 is 1.90 bits per heavy atom. The maximum Gasteiger partial charge on any atom is 0.272 e. The normalized spacial score (nSPS) is 10.5. The fourth-order valence-corrected chi connectivity index (χ4v) is 1.86. The van der Waals surface area contributed by atoms with Crippen molar-refractivity contribution < 1.29 is 9.53 Å². The maximum atomic E-state index is 11.9. The van der Waals surface area contributed by atoms with Gasteiger partial charge in [-0.2, -0.15) is 5.10 Å². The number of nitrogens with one attached hydrogen (secondary N) is 1. The van der Waals surface area contributed by atoms with E-state index in [1.165, 1.54) is 6.21 Å². The van der Waals surface area contributed by atoms with Crippen LogP contribution in [-0.4, -0.2) is 19.2 Å². The number of carbonyl (C=O) groups excluding carboxylic acids is 1. The molecule has 102 valence electrons. The second-order valence-corrected chi connectivity index (χ2v) is 4.33. The maximum absolute atomic E-state index is 11.9. The minimum atomic E-state index is -0.359. The van der Waals surface area contributed by atoms with Crippen molar-refractivity contribution in [2.75, 3.05) is 7.11 Å². The van der Waals surface area contributed by atoms with Gasteiger partial charge in [0.2, 0.25) is 0 Å². The molecule has 0 aliphatic carbocycles. The molecule has 0 heterocycles. The van der Waals surface area contributed by atoms with Crippen LogP contribution < -0.4 is 10.2 Å². The second kappa shape index (κ2) is 6.73. The topological polar surface area (TPSA) is 50.7 Å². The Kier molecular flexibility index (Phi) is 4.74. The number of carbonyl (C=O) groups is 1. The standard InChI is InChI=1S/C15H13ClN2O2/c1-20-14-9-5-2-6-11(14)10-17-18-15(19)12-7-3-4-8-13(12)16/h2-10H,1H3,(H,18,19)/b17-10-. The number of para-hydroxylation sites is 1. The number of hydrogen-bond acceptors (Lipinski definition) is 3. The van der Waals surface area contributed by atoms with Crippen molar-refractivity contribution in [1.82, 2.24) is 5.43 Å². The van der Waals surface area contributed by atoms with E-state index in [0.717, 1.165) is 5.56 Å². The van der Waals surface area contributed by atoms with Crippen LogP contribution in [0.5, 0.6) is 5.75 Å². The Labute approximate surface area is 122 Å². The summed E-state index contributed by atoms with van der Waals surface area (Å²) in [6, 6.07) is 14.2. The highest BCUT2D eigenvalue weighted by Gasteiger charge is 2.07. The first-order chi connectivity index (χ1) is 9.72. The Balaban J connectivity index is 2.07. The molecule has 2 aromatic carbocycles. The van der Waals surface area contributed by atoms with Crippen LogP contribution in [0.2, 0.25) is 5.02 Å². The summed E-state index contributed by atoms with van der Waals surface area (Å²) in [4.78, 5) is 11.9. The monoisotopic (exact) mass is 288 g/mol. The summed E-state index contributed by atoms with van der Waals surface area (Å²) in [7, 11) is 1.58. The average Bonchev–Trinajstić information content (AvgIpc) is 2.48. The summed E-state index contributed by atoms with van der Waals surface area (Å²) in [5.74, 6) is 0.324. The Morgan fingerprint density at radius 3 is 2.65 bits per heavy atom. The van der Waals surface area contributed by atoms with E-state index in [-0.39, 0.29) is 5.91 Å². The number of nitrogens with zero attached hydrogens (tertiary/aromatic N) is 1. The number of hydrogen-bond donors (Lipinski definition) is 1. The lowest BCUT2D eigenvalue weighted by Gasteiger charge is -2.04. The third-order valence-corrected chi connectivity index (χ3v) is 2.96. The van der Waals surface area contributed by atoms with E-state index >= 15 is 0 Å².